The van der Waals surface area contributed by atoms with Gasteiger partial charge in [-0.2, -0.15) is 0 Å². The number of hydrogen-bond acceptors (Lipinski definition) is 3. The normalized spacial score (nSPS) is 11.0. The van der Waals surface area contributed by atoms with Crippen LogP contribution in [0.2, 0.25) is 0 Å². The molecular weight excluding hydrogens is 285 g/mol. The Hall–Kier alpha value is -2.08. The zero-order valence-corrected chi connectivity index (χ0v) is 11.2. The number of aryl methyl sites for hydroxylation is 1. The van der Waals surface area contributed by atoms with E-state index in [1.165, 1.54) is 11.3 Å². The topological polar surface area (TPSA) is 24.9 Å². The number of fused-ring (bicyclic) bond motifs is 1. The molecule has 20 heavy (non-hydrogen) atoms. The molecule has 0 aliphatic carbocycles. The van der Waals surface area contributed by atoms with Crippen LogP contribution in [0.3, 0.4) is 0 Å². The van der Waals surface area contributed by atoms with E-state index >= 15 is 0 Å². The van der Waals surface area contributed by atoms with Gasteiger partial charge in [0, 0.05) is 0 Å². The minimum Gasteiger partial charge on any atom is -0.329 e. The van der Waals surface area contributed by atoms with Crippen molar-refractivity contribution >= 4 is 32.4 Å². The molecule has 1 N–H and O–H groups in total. The fourth-order valence-corrected chi connectivity index (χ4v) is 2.69. The lowest BCUT2D eigenvalue weighted by molar-refractivity contribution is 0.449. The molecule has 0 aliphatic heterocycles. The number of benzene rings is 2. The van der Waals surface area contributed by atoms with Crippen molar-refractivity contribution < 1.29 is 13.2 Å². The monoisotopic (exact) mass is 294 g/mol. The number of nitrogens with zero attached hydrogens (tertiary/aromatic N) is 1. The van der Waals surface area contributed by atoms with E-state index < -0.39 is 17.5 Å². The maximum absolute atomic E-state index is 13.6. The smallest absolute Gasteiger partial charge is 0.196 e. The standard InChI is InChI=1S/C14H9F3N2S/c1-7-2-5-11-10(6-7)19-14(20-11)18-9-4-3-8(15)12(16)13(9)17/h2-6H,1H3,(H,18,19). The van der Waals surface area contributed by atoms with E-state index in [-0.39, 0.29) is 5.69 Å². The summed E-state index contributed by atoms with van der Waals surface area (Å²) in [5.74, 6) is -3.96. The van der Waals surface area contributed by atoms with Crippen LogP contribution >= 0.6 is 11.3 Å². The van der Waals surface area contributed by atoms with Crippen molar-refractivity contribution in [3.63, 3.8) is 0 Å². The van der Waals surface area contributed by atoms with Crippen LogP contribution in [0.4, 0.5) is 24.0 Å². The highest BCUT2D eigenvalue weighted by Crippen LogP contribution is 2.30. The number of aromatic nitrogens is 1. The van der Waals surface area contributed by atoms with E-state index in [9.17, 15) is 13.2 Å². The van der Waals surface area contributed by atoms with E-state index in [2.05, 4.69) is 10.3 Å². The molecule has 0 amide bonds. The van der Waals surface area contributed by atoms with Gasteiger partial charge in [0.1, 0.15) is 0 Å². The van der Waals surface area contributed by atoms with Crippen LogP contribution in [0.15, 0.2) is 30.3 Å². The Kier molecular flexibility index (Phi) is 3.10. The first kappa shape index (κ1) is 12.9. The maximum Gasteiger partial charge on any atom is 0.196 e. The number of rotatable bonds is 2. The zero-order valence-electron chi connectivity index (χ0n) is 10.4. The first-order chi connectivity index (χ1) is 9.54. The zero-order chi connectivity index (χ0) is 14.3. The summed E-state index contributed by atoms with van der Waals surface area (Å²) >= 11 is 1.31. The summed E-state index contributed by atoms with van der Waals surface area (Å²) in [6.45, 7) is 1.95. The van der Waals surface area contributed by atoms with Crippen LogP contribution in [-0.4, -0.2) is 4.98 Å². The second-order valence-electron chi connectivity index (χ2n) is 4.34. The summed E-state index contributed by atoms with van der Waals surface area (Å²) in [6.07, 6.45) is 0. The minimum atomic E-state index is -1.49. The van der Waals surface area contributed by atoms with Crippen molar-refractivity contribution in [3.05, 3.63) is 53.3 Å². The summed E-state index contributed by atoms with van der Waals surface area (Å²) in [5, 5.41) is 3.10. The molecule has 2 aromatic carbocycles. The van der Waals surface area contributed by atoms with E-state index in [0.29, 0.717) is 5.13 Å². The molecule has 3 aromatic rings. The number of halogens is 3. The van der Waals surface area contributed by atoms with Gasteiger partial charge in [-0.25, -0.2) is 18.2 Å². The largest absolute Gasteiger partial charge is 0.329 e. The van der Waals surface area contributed by atoms with Crippen LogP contribution in [0, 0.1) is 24.4 Å². The van der Waals surface area contributed by atoms with Gasteiger partial charge >= 0.3 is 0 Å². The molecule has 0 unspecified atom stereocenters. The van der Waals surface area contributed by atoms with Crippen LogP contribution in [0.5, 0.6) is 0 Å². The van der Waals surface area contributed by atoms with Crippen LogP contribution < -0.4 is 5.32 Å². The van der Waals surface area contributed by atoms with Gasteiger partial charge in [-0.1, -0.05) is 17.4 Å². The van der Waals surface area contributed by atoms with E-state index in [1.54, 1.807) is 0 Å². The third-order valence-electron chi connectivity index (χ3n) is 2.82. The highest BCUT2D eigenvalue weighted by Gasteiger charge is 2.14. The van der Waals surface area contributed by atoms with Crippen molar-refractivity contribution in [2.24, 2.45) is 0 Å². The molecule has 0 aliphatic rings. The third-order valence-corrected chi connectivity index (χ3v) is 3.77. The van der Waals surface area contributed by atoms with E-state index in [0.717, 1.165) is 27.9 Å². The molecule has 3 rings (SSSR count). The van der Waals surface area contributed by atoms with Gasteiger partial charge in [0.05, 0.1) is 15.9 Å². The summed E-state index contributed by atoms with van der Waals surface area (Å²) in [6, 6.07) is 7.78. The fraction of sp³-hybridized carbons (Fsp3) is 0.0714. The average Bonchev–Trinajstić information content (AvgIpc) is 2.81. The van der Waals surface area contributed by atoms with Gasteiger partial charge < -0.3 is 5.32 Å². The molecule has 6 heteroatoms. The summed E-state index contributed by atoms with van der Waals surface area (Å²) in [7, 11) is 0. The SMILES string of the molecule is Cc1ccc2sc(Nc3ccc(F)c(F)c3F)nc2c1. The molecule has 0 radical (unpaired) electrons. The minimum absolute atomic E-state index is 0.139. The number of nitrogens with one attached hydrogen (secondary N) is 1. The Balaban J connectivity index is 1.99. The van der Waals surface area contributed by atoms with Gasteiger partial charge in [0.25, 0.3) is 0 Å². The number of anilines is 2. The second kappa shape index (κ2) is 4.79. The highest BCUT2D eigenvalue weighted by atomic mass is 32.1. The lowest BCUT2D eigenvalue weighted by Gasteiger charge is -2.04. The highest BCUT2D eigenvalue weighted by molar-refractivity contribution is 7.22. The molecule has 0 spiro atoms. The predicted molar refractivity (Wildman–Crippen MR) is 74.0 cm³/mol. The summed E-state index contributed by atoms with van der Waals surface area (Å²) < 4.78 is 40.5. The molecule has 2 nitrogen and oxygen atoms in total. The first-order valence-electron chi connectivity index (χ1n) is 5.82. The van der Waals surface area contributed by atoms with Crippen molar-refractivity contribution in [1.29, 1.82) is 0 Å². The molecule has 102 valence electrons. The Morgan fingerprint density at radius 1 is 1.05 bits per heavy atom. The van der Waals surface area contributed by atoms with Gasteiger partial charge in [-0.05, 0) is 36.8 Å². The van der Waals surface area contributed by atoms with Crippen molar-refractivity contribution in [1.82, 2.24) is 4.98 Å². The lowest BCUT2D eigenvalue weighted by atomic mass is 10.2. The van der Waals surface area contributed by atoms with E-state index in [1.807, 2.05) is 25.1 Å². The fourth-order valence-electron chi connectivity index (χ4n) is 1.83. The van der Waals surface area contributed by atoms with Crippen LogP contribution in [-0.2, 0) is 0 Å². The van der Waals surface area contributed by atoms with Crippen LogP contribution in [0.1, 0.15) is 5.56 Å². The Morgan fingerprint density at radius 3 is 2.65 bits per heavy atom. The predicted octanol–water partition coefficient (Wildman–Crippen LogP) is 4.77. The molecule has 1 aromatic heterocycles. The molecule has 0 atom stereocenters. The van der Waals surface area contributed by atoms with Crippen molar-refractivity contribution in [2.45, 2.75) is 6.92 Å². The first-order valence-corrected chi connectivity index (χ1v) is 6.64. The molecule has 0 saturated heterocycles. The second-order valence-corrected chi connectivity index (χ2v) is 5.37. The van der Waals surface area contributed by atoms with Gasteiger partial charge in [0.15, 0.2) is 22.6 Å². The quantitative estimate of drug-likeness (QED) is 0.689. The Bertz CT molecular complexity index is 798. The molecular formula is C14H9F3N2S. The Labute approximate surface area is 116 Å². The van der Waals surface area contributed by atoms with Crippen molar-refractivity contribution in [3.8, 4) is 0 Å². The molecule has 0 fully saturated rings. The van der Waals surface area contributed by atoms with Gasteiger partial charge in [0.2, 0.25) is 0 Å². The van der Waals surface area contributed by atoms with Gasteiger partial charge in [-0.3, -0.25) is 0 Å². The number of hydrogen-bond donors (Lipinski definition) is 1. The summed E-state index contributed by atoms with van der Waals surface area (Å²) in [4.78, 5) is 4.29. The van der Waals surface area contributed by atoms with Crippen molar-refractivity contribution in [2.75, 3.05) is 5.32 Å². The number of thiazole rings is 1. The molecule has 0 saturated carbocycles. The average molecular weight is 294 g/mol. The van der Waals surface area contributed by atoms with Gasteiger partial charge in [-0.15, -0.1) is 0 Å². The third kappa shape index (κ3) is 2.22. The summed E-state index contributed by atoms with van der Waals surface area (Å²) in [5.41, 5.74) is 1.70. The molecule has 1 heterocycles. The maximum atomic E-state index is 13.6. The Morgan fingerprint density at radius 2 is 1.85 bits per heavy atom. The molecule has 0 bridgehead atoms. The van der Waals surface area contributed by atoms with E-state index in [4.69, 9.17) is 0 Å². The van der Waals surface area contributed by atoms with Crippen LogP contribution in [0.25, 0.3) is 10.2 Å². The lowest BCUT2D eigenvalue weighted by Crippen LogP contribution is -1.98.